The van der Waals surface area contributed by atoms with Crippen LogP contribution in [0.25, 0.3) is 0 Å². The summed E-state index contributed by atoms with van der Waals surface area (Å²) in [5, 5.41) is 11.7. The number of hydrogen-bond acceptors (Lipinski definition) is 3. The first-order valence-electron chi connectivity index (χ1n) is 5.62. The molecule has 2 atom stereocenters. The molecule has 0 saturated carbocycles. The summed E-state index contributed by atoms with van der Waals surface area (Å²) in [5.74, 6) is -1.75. The minimum Gasteiger partial charge on any atom is -0.480 e. The fraction of sp³-hybridized carbons (Fsp3) is 0.417. The third-order valence-corrected chi connectivity index (χ3v) is 2.92. The average molecular weight is 271 g/mol. The largest absolute Gasteiger partial charge is 0.480 e. The van der Waals surface area contributed by atoms with Gasteiger partial charge < -0.3 is 10.4 Å². The van der Waals surface area contributed by atoms with E-state index in [1.807, 2.05) is 6.92 Å². The molecular formula is C12H15ClN2O3. The van der Waals surface area contributed by atoms with E-state index in [4.69, 9.17) is 16.7 Å². The molecule has 1 rings (SSSR count). The SMILES string of the molecule is CCC(C)C(NC(=O)c1cccc(Cl)n1)C(=O)O. The Balaban J connectivity index is 2.82. The Morgan fingerprint density at radius 3 is 2.67 bits per heavy atom. The molecule has 0 fully saturated rings. The fourth-order valence-electron chi connectivity index (χ4n) is 1.43. The summed E-state index contributed by atoms with van der Waals surface area (Å²) >= 11 is 5.67. The number of hydrogen-bond donors (Lipinski definition) is 2. The lowest BCUT2D eigenvalue weighted by atomic mass is 9.99. The van der Waals surface area contributed by atoms with Gasteiger partial charge in [-0.3, -0.25) is 4.79 Å². The minimum atomic E-state index is -1.06. The van der Waals surface area contributed by atoms with Crippen LogP contribution in [-0.4, -0.2) is 28.0 Å². The number of carbonyl (C=O) groups excluding carboxylic acids is 1. The van der Waals surface area contributed by atoms with Crippen LogP contribution < -0.4 is 5.32 Å². The van der Waals surface area contributed by atoms with E-state index in [-0.39, 0.29) is 16.8 Å². The molecule has 18 heavy (non-hydrogen) atoms. The molecule has 1 aromatic heterocycles. The van der Waals surface area contributed by atoms with Crippen molar-refractivity contribution in [2.45, 2.75) is 26.3 Å². The number of carboxylic acids is 1. The van der Waals surface area contributed by atoms with Crippen LogP contribution >= 0.6 is 11.6 Å². The van der Waals surface area contributed by atoms with Crippen LogP contribution in [0.3, 0.4) is 0 Å². The van der Waals surface area contributed by atoms with Crippen molar-refractivity contribution < 1.29 is 14.7 Å². The van der Waals surface area contributed by atoms with E-state index in [2.05, 4.69) is 10.3 Å². The molecule has 1 amide bonds. The molecule has 0 saturated heterocycles. The van der Waals surface area contributed by atoms with Crippen molar-refractivity contribution in [1.29, 1.82) is 0 Å². The monoisotopic (exact) mass is 270 g/mol. The number of nitrogens with one attached hydrogen (secondary N) is 1. The fourth-order valence-corrected chi connectivity index (χ4v) is 1.60. The molecule has 1 aromatic rings. The maximum absolute atomic E-state index is 11.8. The maximum Gasteiger partial charge on any atom is 0.326 e. The van der Waals surface area contributed by atoms with Crippen molar-refractivity contribution in [2.24, 2.45) is 5.92 Å². The highest BCUT2D eigenvalue weighted by Crippen LogP contribution is 2.10. The molecule has 0 radical (unpaired) electrons. The van der Waals surface area contributed by atoms with Crippen LogP contribution in [0.4, 0.5) is 0 Å². The number of carbonyl (C=O) groups is 2. The number of rotatable bonds is 5. The second kappa shape index (κ2) is 6.35. The molecule has 1 heterocycles. The van der Waals surface area contributed by atoms with Gasteiger partial charge in [0.05, 0.1) is 0 Å². The highest BCUT2D eigenvalue weighted by molar-refractivity contribution is 6.29. The predicted octanol–water partition coefficient (Wildman–Crippen LogP) is 1.96. The summed E-state index contributed by atoms with van der Waals surface area (Å²) in [4.78, 5) is 26.7. The number of carboxylic acid groups (broad SMARTS) is 1. The molecule has 0 aliphatic carbocycles. The second-order valence-electron chi connectivity index (χ2n) is 4.02. The van der Waals surface area contributed by atoms with Gasteiger partial charge in [-0.25, -0.2) is 9.78 Å². The van der Waals surface area contributed by atoms with E-state index in [1.165, 1.54) is 6.07 Å². The highest BCUT2D eigenvalue weighted by atomic mass is 35.5. The lowest BCUT2D eigenvalue weighted by Crippen LogP contribution is -2.45. The van der Waals surface area contributed by atoms with Crippen LogP contribution in [0.5, 0.6) is 0 Å². The Kier molecular flexibility index (Phi) is 5.09. The van der Waals surface area contributed by atoms with Gasteiger partial charge in [0.25, 0.3) is 5.91 Å². The standard InChI is InChI=1S/C12H15ClN2O3/c1-3-7(2)10(12(17)18)15-11(16)8-5-4-6-9(13)14-8/h4-7,10H,3H2,1-2H3,(H,15,16)(H,17,18). The van der Waals surface area contributed by atoms with Gasteiger partial charge in [0.15, 0.2) is 0 Å². The lowest BCUT2D eigenvalue weighted by molar-refractivity contribution is -0.140. The molecule has 2 unspecified atom stereocenters. The van der Waals surface area contributed by atoms with Crippen LogP contribution in [-0.2, 0) is 4.79 Å². The molecule has 6 heteroatoms. The van der Waals surface area contributed by atoms with E-state index >= 15 is 0 Å². The van der Waals surface area contributed by atoms with Gasteiger partial charge in [-0.05, 0) is 18.1 Å². The zero-order valence-electron chi connectivity index (χ0n) is 10.2. The van der Waals surface area contributed by atoms with Crippen molar-refractivity contribution >= 4 is 23.5 Å². The van der Waals surface area contributed by atoms with Crippen molar-refractivity contribution in [3.05, 3.63) is 29.0 Å². The van der Waals surface area contributed by atoms with Crippen molar-refractivity contribution in [1.82, 2.24) is 10.3 Å². The van der Waals surface area contributed by atoms with Gasteiger partial charge in [0.1, 0.15) is 16.9 Å². The summed E-state index contributed by atoms with van der Waals surface area (Å²) in [5.41, 5.74) is 0.108. The quantitative estimate of drug-likeness (QED) is 0.802. The summed E-state index contributed by atoms with van der Waals surface area (Å²) in [7, 11) is 0. The minimum absolute atomic E-state index is 0.108. The van der Waals surface area contributed by atoms with Crippen LogP contribution in [0.2, 0.25) is 5.15 Å². The van der Waals surface area contributed by atoms with E-state index in [0.29, 0.717) is 6.42 Å². The van der Waals surface area contributed by atoms with Gasteiger partial charge in [0, 0.05) is 0 Å². The molecular weight excluding hydrogens is 256 g/mol. The number of pyridine rings is 1. The van der Waals surface area contributed by atoms with Crippen LogP contribution in [0, 0.1) is 5.92 Å². The van der Waals surface area contributed by atoms with Crippen LogP contribution in [0.15, 0.2) is 18.2 Å². The van der Waals surface area contributed by atoms with Crippen LogP contribution in [0.1, 0.15) is 30.8 Å². The lowest BCUT2D eigenvalue weighted by Gasteiger charge is -2.19. The van der Waals surface area contributed by atoms with E-state index in [9.17, 15) is 9.59 Å². The van der Waals surface area contributed by atoms with E-state index in [0.717, 1.165) is 0 Å². The Labute approximate surface area is 110 Å². The third-order valence-electron chi connectivity index (χ3n) is 2.71. The first-order chi connectivity index (χ1) is 8.45. The topological polar surface area (TPSA) is 79.3 Å². The number of aliphatic carboxylic acids is 1. The van der Waals surface area contributed by atoms with Gasteiger partial charge >= 0.3 is 5.97 Å². The molecule has 0 aliphatic heterocycles. The normalized spacial score (nSPS) is 13.7. The molecule has 0 aliphatic rings. The van der Waals surface area contributed by atoms with Gasteiger partial charge in [-0.2, -0.15) is 0 Å². The molecule has 5 nitrogen and oxygen atoms in total. The molecule has 0 bridgehead atoms. The zero-order valence-corrected chi connectivity index (χ0v) is 10.9. The highest BCUT2D eigenvalue weighted by Gasteiger charge is 2.26. The van der Waals surface area contributed by atoms with Gasteiger partial charge in [0.2, 0.25) is 0 Å². The Morgan fingerprint density at radius 2 is 2.17 bits per heavy atom. The molecule has 0 spiro atoms. The Morgan fingerprint density at radius 1 is 1.50 bits per heavy atom. The average Bonchev–Trinajstić information content (AvgIpc) is 2.34. The summed E-state index contributed by atoms with van der Waals surface area (Å²) in [6.45, 7) is 3.63. The van der Waals surface area contributed by atoms with Gasteiger partial charge in [-0.1, -0.05) is 37.9 Å². The van der Waals surface area contributed by atoms with Gasteiger partial charge in [-0.15, -0.1) is 0 Å². The summed E-state index contributed by atoms with van der Waals surface area (Å²) in [6, 6.07) is 3.69. The Bertz CT molecular complexity index is 451. The predicted molar refractivity (Wildman–Crippen MR) is 67.6 cm³/mol. The van der Waals surface area contributed by atoms with Crippen molar-refractivity contribution in [3.63, 3.8) is 0 Å². The van der Waals surface area contributed by atoms with E-state index in [1.54, 1.807) is 19.1 Å². The maximum atomic E-state index is 11.8. The third kappa shape index (κ3) is 3.70. The smallest absolute Gasteiger partial charge is 0.326 e. The number of aromatic nitrogens is 1. The van der Waals surface area contributed by atoms with E-state index < -0.39 is 17.9 Å². The number of nitrogens with zero attached hydrogens (tertiary/aromatic N) is 1. The molecule has 98 valence electrons. The number of amides is 1. The Hall–Kier alpha value is -1.62. The molecule has 0 aromatic carbocycles. The van der Waals surface area contributed by atoms with Crippen molar-refractivity contribution in [2.75, 3.05) is 0 Å². The second-order valence-corrected chi connectivity index (χ2v) is 4.41. The van der Waals surface area contributed by atoms with Crippen molar-refractivity contribution in [3.8, 4) is 0 Å². The first kappa shape index (κ1) is 14.4. The zero-order chi connectivity index (χ0) is 13.7. The molecule has 2 N–H and O–H groups in total. The summed E-state index contributed by atoms with van der Waals surface area (Å²) in [6.07, 6.45) is 0.653. The summed E-state index contributed by atoms with van der Waals surface area (Å²) < 4.78 is 0. The number of halogens is 1. The first-order valence-corrected chi connectivity index (χ1v) is 5.99.